The predicted octanol–water partition coefficient (Wildman–Crippen LogP) is -3.01. The predicted molar refractivity (Wildman–Crippen MR) is 41.8 cm³/mol. The Kier molecular flexibility index (Phi) is 3.77. The highest BCUT2D eigenvalue weighted by Gasteiger charge is 2.45. The highest BCUT2D eigenvalue weighted by atomic mass is 17.0. The molecule has 1 aliphatic heterocycles. The number of hydrogen-bond donors (Lipinski definition) is 4. The number of hydrogen-bond acceptors (Lipinski definition) is 8. The second kappa shape index (κ2) is 4.68. The Hall–Kier alpha value is -1.00. The van der Waals surface area contributed by atoms with Crippen LogP contribution in [0.1, 0.15) is 0 Å². The fourth-order valence-electron chi connectivity index (χ4n) is 1.24. The zero-order valence-corrected chi connectivity index (χ0v) is 7.46. The van der Waals surface area contributed by atoms with E-state index in [0.717, 1.165) is 0 Å². The van der Waals surface area contributed by atoms with E-state index >= 15 is 0 Å². The molecule has 4 N–H and O–H groups in total. The number of aliphatic hydroxyl groups is 4. The molecule has 1 rings (SSSR count). The van der Waals surface area contributed by atoms with Crippen LogP contribution in [0.4, 0.5) is 0 Å². The molecule has 9 heteroatoms. The van der Waals surface area contributed by atoms with Crippen molar-refractivity contribution in [2.75, 3.05) is 6.61 Å². The molecule has 0 radical (unpaired) electrons. The SMILES string of the molecule is O=[N+]([O-])O[C@H]1O[C@H](CO)[C@@H](O)[C@H](O)[C@H]1O. The summed E-state index contributed by atoms with van der Waals surface area (Å²) in [7, 11) is 0. The molecule has 0 unspecified atom stereocenters. The van der Waals surface area contributed by atoms with E-state index in [9.17, 15) is 25.4 Å². The lowest BCUT2D eigenvalue weighted by Gasteiger charge is -2.38. The molecular formula is C6H11NO8. The van der Waals surface area contributed by atoms with Crippen molar-refractivity contribution in [2.24, 2.45) is 0 Å². The van der Waals surface area contributed by atoms with Crippen molar-refractivity contribution in [1.29, 1.82) is 0 Å². The van der Waals surface area contributed by atoms with Crippen molar-refractivity contribution in [2.45, 2.75) is 30.7 Å². The zero-order valence-electron chi connectivity index (χ0n) is 7.46. The Labute approximate surface area is 83.6 Å². The van der Waals surface area contributed by atoms with Crippen LogP contribution < -0.4 is 0 Å². The lowest BCUT2D eigenvalue weighted by Crippen LogP contribution is -2.59. The number of ether oxygens (including phenoxy) is 1. The van der Waals surface area contributed by atoms with Crippen LogP contribution >= 0.6 is 0 Å². The highest BCUT2D eigenvalue weighted by molar-refractivity contribution is 4.88. The van der Waals surface area contributed by atoms with Crippen LogP contribution in [0.15, 0.2) is 0 Å². The highest BCUT2D eigenvalue weighted by Crippen LogP contribution is 2.21. The fourth-order valence-corrected chi connectivity index (χ4v) is 1.24. The van der Waals surface area contributed by atoms with Gasteiger partial charge in [-0.05, 0) is 0 Å². The Morgan fingerprint density at radius 2 is 1.87 bits per heavy atom. The lowest BCUT2D eigenvalue weighted by atomic mass is 9.99. The van der Waals surface area contributed by atoms with Gasteiger partial charge < -0.3 is 25.2 Å². The first-order valence-corrected chi connectivity index (χ1v) is 4.09. The quantitative estimate of drug-likeness (QED) is 0.294. The van der Waals surface area contributed by atoms with Crippen LogP contribution in [0.3, 0.4) is 0 Å². The summed E-state index contributed by atoms with van der Waals surface area (Å²) in [5.41, 5.74) is 0. The molecule has 0 bridgehead atoms. The van der Waals surface area contributed by atoms with Gasteiger partial charge in [0, 0.05) is 0 Å². The van der Waals surface area contributed by atoms with E-state index in [1.807, 2.05) is 0 Å². The largest absolute Gasteiger partial charge is 0.394 e. The molecule has 0 aromatic heterocycles. The summed E-state index contributed by atoms with van der Waals surface area (Å²) in [6.07, 6.45) is -7.94. The monoisotopic (exact) mass is 225 g/mol. The third-order valence-electron chi connectivity index (χ3n) is 2.04. The second-order valence-electron chi connectivity index (χ2n) is 3.03. The van der Waals surface area contributed by atoms with Gasteiger partial charge in [-0.15, -0.1) is 10.1 Å². The minimum absolute atomic E-state index is 0.664. The first kappa shape index (κ1) is 12.1. The maximum atomic E-state index is 9.98. The molecule has 1 heterocycles. The number of nitrogens with zero attached hydrogens (tertiary/aromatic N) is 1. The third kappa shape index (κ3) is 2.52. The first-order chi connectivity index (χ1) is 6.97. The van der Waals surface area contributed by atoms with Crippen molar-refractivity contribution < 1.29 is 35.1 Å². The molecule has 1 saturated heterocycles. The zero-order chi connectivity index (χ0) is 11.6. The van der Waals surface area contributed by atoms with Gasteiger partial charge in [-0.1, -0.05) is 0 Å². The standard InChI is InChI=1S/C6H11NO8/c8-1-2-3(9)4(10)5(11)6(14-2)15-7(12)13/h2-6,8-11H,1H2/t2-,3-,4+,5-,6-/m1/s1. The minimum atomic E-state index is -1.76. The summed E-state index contributed by atoms with van der Waals surface area (Å²) < 4.78 is 4.67. The van der Waals surface area contributed by atoms with Gasteiger partial charge in [0.25, 0.3) is 5.09 Å². The molecule has 5 atom stereocenters. The average molecular weight is 225 g/mol. The molecule has 9 nitrogen and oxygen atoms in total. The van der Waals surface area contributed by atoms with Crippen LogP contribution in [-0.4, -0.2) is 62.8 Å². The molecule has 1 fully saturated rings. The van der Waals surface area contributed by atoms with Gasteiger partial charge >= 0.3 is 0 Å². The average Bonchev–Trinajstić information content (AvgIpc) is 2.18. The van der Waals surface area contributed by atoms with Crippen molar-refractivity contribution in [3.05, 3.63) is 10.1 Å². The van der Waals surface area contributed by atoms with E-state index in [1.165, 1.54) is 0 Å². The summed E-state index contributed by atoms with van der Waals surface area (Å²) in [6, 6.07) is 0. The van der Waals surface area contributed by atoms with E-state index in [-0.39, 0.29) is 0 Å². The van der Waals surface area contributed by atoms with Crippen molar-refractivity contribution >= 4 is 0 Å². The topological polar surface area (TPSA) is 143 Å². The Bertz CT molecular complexity index is 233. The van der Waals surface area contributed by atoms with Gasteiger partial charge in [0.05, 0.1) is 6.61 Å². The maximum Gasteiger partial charge on any atom is 0.297 e. The number of aliphatic hydroxyl groups excluding tert-OH is 4. The van der Waals surface area contributed by atoms with Gasteiger partial charge in [-0.3, -0.25) is 4.84 Å². The van der Waals surface area contributed by atoms with E-state index in [1.54, 1.807) is 0 Å². The lowest BCUT2D eigenvalue weighted by molar-refractivity contribution is -0.785. The first-order valence-electron chi connectivity index (χ1n) is 4.09. The Morgan fingerprint density at radius 3 is 2.33 bits per heavy atom. The summed E-state index contributed by atoms with van der Waals surface area (Å²) in [6.45, 7) is -0.664. The number of rotatable bonds is 3. The molecular weight excluding hydrogens is 214 g/mol. The van der Waals surface area contributed by atoms with E-state index in [4.69, 9.17) is 5.11 Å². The molecule has 1 aliphatic rings. The van der Waals surface area contributed by atoms with Gasteiger partial charge in [0.1, 0.15) is 24.4 Å². The van der Waals surface area contributed by atoms with Crippen molar-refractivity contribution in [3.63, 3.8) is 0 Å². The van der Waals surface area contributed by atoms with Crippen molar-refractivity contribution in [1.82, 2.24) is 0 Å². The normalized spacial score (nSPS) is 41.2. The van der Waals surface area contributed by atoms with Crippen LogP contribution in [0.5, 0.6) is 0 Å². The summed E-state index contributed by atoms with van der Waals surface area (Å²) in [5, 5.41) is 45.2. The molecule has 0 amide bonds. The minimum Gasteiger partial charge on any atom is -0.394 e. The van der Waals surface area contributed by atoms with E-state index in [0.29, 0.717) is 0 Å². The third-order valence-corrected chi connectivity index (χ3v) is 2.04. The van der Waals surface area contributed by atoms with Gasteiger partial charge in [-0.25, -0.2) is 0 Å². The second-order valence-corrected chi connectivity index (χ2v) is 3.03. The molecule has 88 valence electrons. The Balaban J connectivity index is 2.69. The van der Waals surface area contributed by atoms with Gasteiger partial charge in [-0.2, -0.15) is 0 Å². The summed E-state index contributed by atoms with van der Waals surface area (Å²) in [5.74, 6) is 0. The molecule has 0 aliphatic carbocycles. The van der Waals surface area contributed by atoms with Gasteiger partial charge in [0.2, 0.25) is 6.29 Å². The van der Waals surface area contributed by atoms with Crippen LogP contribution in [0.25, 0.3) is 0 Å². The smallest absolute Gasteiger partial charge is 0.297 e. The fraction of sp³-hybridized carbons (Fsp3) is 1.00. The summed E-state index contributed by atoms with van der Waals surface area (Å²) >= 11 is 0. The van der Waals surface area contributed by atoms with Crippen LogP contribution in [-0.2, 0) is 9.57 Å². The van der Waals surface area contributed by atoms with E-state index in [2.05, 4.69) is 9.57 Å². The molecule has 0 aromatic rings. The van der Waals surface area contributed by atoms with Gasteiger partial charge in [0.15, 0.2) is 0 Å². The Morgan fingerprint density at radius 1 is 1.27 bits per heavy atom. The molecule has 0 spiro atoms. The maximum absolute atomic E-state index is 9.98. The van der Waals surface area contributed by atoms with Crippen molar-refractivity contribution in [3.8, 4) is 0 Å². The molecule has 0 aromatic carbocycles. The van der Waals surface area contributed by atoms with Crippen LogP contribution in [0.2, 0.25) is 0 Å². The van der Waals surface area contributed by atoms with Crippen LogP contribution in [0, 0.1) is 10.1 Å². The summed E-state index contributed by atoms with van der Waals surface area (Å²) in [4.78, 5) is 13.9. The molecule has 15 heavy (non-hydrogen) atoms. The molecule has 0 saturated carbocycles. The van der Waals surface area contributed by atoms with E-state index < -0.39 is 42.4 Å².